The van der Waals surface area contributed by atoms with E-state index in [4.69, 9.17) is 0 Å². The third kappa shape index (κ3) is 3.36. The summed E-state index contributed by atoms with van der Waals surface area (Å²) in [4.78, 5) is 14.9. The lowest BCUT2D eigenvalue weighted by molar-refractivity contribution is -0.384. The lowest BCUT2D eigenvalue weighted by Gasteiger charge is -2.05. The molecule has 2 aromatic rings. The molecule has 0 radical (unpaired) electrons. The van der Waals surface area contributed by atoms with Gasteiger partial charge in [-0.15, -0.1) is 0 Å². The van der Waals surface area contributed by atoms with Gasteiger partial charge in [0.05, 0.1) is 4.92 Å². The molecule has 0 aliphatic heterocycles. The Morgan fingerprint density at radius 1 is 1.52 bits per heavy atom. The molecule has 2 N–H and O–H groups in total. The van der Waals surface area contributed by atoms with E-state index in [2.05, 4.69) is 25.6 Å². The molecule has 2 aromatic heterocycles. The maximum atomic E-state index is 11.3. The number of hydrogen-bond donors (Lipinski definition) is 2. The first-order chi connectivity index (χ1) is 10.0. The number of rotatable bonds is 7. The predicted octanol–water partition coefficient (Wildman–Crippen LogP) is 1.61. The molecule has 0 aromatic carbocycles. The van der Waals surface area contributed by atoms with E-state index in [-0.39, 0.29) is 16.5 Å². The molecule has 9 heteroatoms. The molecule has 0 amide bonds. The second-order valence-electron chi connectivity index (χ2n) is 5.08. The van der Waals surface area contributed by atoms with E-state index in [9.17, 15) is 10.1 Å². The fraction of sp³-hybridized carbons (Fsp3) is 0.583. The van der Waals surface area contributed by atoms with Crippen molar-refractivity contribution in [1.82, 2.24) is 25.0 Å². The Bertz CT molecular complexity index is 603. The third-order valence-corrected chi connectivity index (χ3v) is 3.13. The van der Waals surface area contributed by atoms with Crippen LogP contribution in [-0.4, -0.2) is 36.4 Å². The first kappa shape index (κ1) is 14.9. The number of nitro groups is 1. The second-order valence-corrected chi connectivity index (χ2v) is 5.08. The molecule has 114 valence electrons. The maximum absolute atomic E-state index is 11.3. The molecular formula is C12H19N7O2. The van der Waals surface area contributed by atoms with Crippen LogP contribution in [0.25, 0.3) is 0 Å². The normalized spacial score (nSPS) is 11.0. The number of aromatic nitrogens is 5. The first-order valence-electron chi connectivity index (χ1n) is 6.80. The maximum Gasteiger partial charge on any atom is 0.334 e. The Morgan fingerprint density at radius 2 is 2.29 bits per heavy atom. The molecule has 0 unspecified atom stereocenters. The van der Waals surface area contributed by atoms with Crippen LogP contribution in [-0.2, 0) is 13.5 Å². The molecule has 0 atom stereocenters. The van der Waals surface area contributed by atoms with Gasteiger partial charge in [-0.1, -0.05) is 13.8 Å². The van der Waals surface area contributed by atoms with E-state index >= 15 is 0 Å². The number of H-pyrrole nitrogens is 1. The Kier molecular flexibility index (Phi) is 4.51. The monoisotopic (exact) mass is 293 g/mol. The van der Waals surface area contributed by atoms with Gasteiger partial charge in [-0.25, -0.2) is 9.67 Å². The van der Waals surface area contributed by atoms with Crippen LogP contribution in [0.1, 0.15) is 37.7 Å². The molecule has 0 saturated heterocycles. The van der Waals surface area contributed by atoms with Crippen molar-refractivity contribution >= 4 is 11.5 Å². The number of aryl methyl sites for hydroxylation is 2. The van der Waals surface area contributed by atoms with Gasteiger partial charge in [-0.3, -0.25) is 15.2 Å². The predicted molar refractivity (Wildman–Crippen MR) is 77.1 cm³/mol. The average Bonchev–Trinajstić information content (AvgIpc) is 3.02. The van der Waals surface area contributed by atoms with Crippen molar-refractivity contribution in [3.63, 3.8) is 0 Å². The van der Waals surface area contributed by atoms with Gasteiger partial charge in [0.2, 0.25) is 5.82 Å². The molecule has 0 aliphatic carbocycles. The second kappa shape index (κ2) is 6.33. The van der Waals surface area contributed by atoms with Crippen molar-refractivity contribution in [3.8, 4) is 0 Å². The van der Waals surface area contributed by atoms with Crippen molar-refractivity contribution in [1.29, 1.82) is 0 Å². The summed E-state index contributed by atoms with van der Waals surface area (Å²) in [6.45, 7) is 4.38. The summed E-state index contributed by atoms with van der Waals surface area (Å²) in [5.41, 5.74) is 0.562. The van der Waals surface area contributed by atoms with E-state index in [1.807, 2.05) is 13.8 Å². The van der Waals surface area contributed by atoms with Crippen LogP contribution in [0.15, 0.2) is 6.33 Å². The quantitative estimate of drug-likeness (QED) is 0.455. The van der Waals surface area contributed by atoms with E-state index in [1.54, 1.807) is 7.05 Å². The van der Waals surface area contributed by atoms with Crippen LogP contribution in [0.3, 0.4) is 0 Å². The van der Waals surface area contributed by atoms with Gasteiger partial charge in [0, 0.05) is 25.9 Å². The Labute approximate surface area is 121 Å². The van der Waals surface area contributed by atoms with Crippen LogP contribution in [0.5, 0.6) is 0 Å². The lowest BCUT2D eigenvalue weighted by atomic mass is 10.1. The SMILES string of the molecule is CC(C)c1nn(C)c(NCCCc2ncn[nH]2)c1[N+](=O)[O-]. The summed E-state index contributed by atoms with van der Waals surface area (Å²) in [6, 6.07) is 0. The molecular weight excluding hydrogens is 274 g/mol. The zero-order valence-corrected chi connectivity index (χ0v) is 12.3. The van der Waals surface area contributed by atoms with Gasteiger partial charge in [-0.05, 0) is 6.42 Å². The molecule has 9 nitrogen and oxygen atoms in total. The smallest absolute Gasteiger partial charge is 0.334 e. The van der Waals surface area contributed by atoms with Crippen LogP contribution >= 0.6 is 0 Å². The number of nitrogens with one attached hydrogen (secondary N) is 2. The molecule has 0 aliphatic rings. The van der Waals surface area contributed by atoms with Gasteiger partial charge in [0.1, 0.15) is 17.8 Å². The van der Waals surface area contributed by atoms with E-state index in [0.717, 1.165) is 18.7 Å². The Hall–Kier alpha value is -2.45. The van der Waals surface area contributed by atoms with Crippen molar-refractivity contribution in [2.45, 2.75) is 32.6 Å². The molecule has 2 rings (SSSR count). The minimum absolute atomic E-state index is 0.00124. The fourth-order valence-corrected chi connectivity index (χ4v) is 2.11. The summed E-state index contributed by atoms with van der Waals surface area (Å²) >= 11 is 0. The van der Waals surface area contributed by atoms with Gasteiger partial charge < -0.3 is 5.32 Å². The lowest BCUT2D eigenvalue weighted by Crippen LogP contribution is -2.09. The molecule has 2 heterocycles. The highest BCUT2D eigenvalue weighted by Crippen LogP contribution is 2.32. The minimum atomic E-state index is -0.374. The van der Waals surface area contributed by atoms with Gasteiger partial charge in [0.25, 0.3) is 0 Å². The first-order valence-corrected chi connectivity index (χ1v) is 6.80. The van der Waals surface area contributed by atoms with Crippen molar-refractivity contribution < 1.29 is 4.92 Å². The van der Waals surface area contributed by atoms with Gasteiger partial charge in [-0.2, -0.15) is 10.2 Å². The molecule has 0 saturated carbocycles. The molecule has 21 heavy (non-hydrogen) atoms. The molecule has 0 fully saturated rings. The highest BCUT2D eigenvalue weighted by atomic mass is 16.6. The topological polar surface area (TPSA) is 115 Å². The number of nitrogens with zero attached hydrogens (tertiary/aromatic N) is 5. The highest BCUT2D eigenvalue weighted by Gasteiger charge is 2.28. The zero-order valence-electron chi connectivity index (χ0n) is 12.3. The van der Waals surface area contributed by atoms with Crippen LogP contribution in [0.2, 0.25) is 0 Å². The van der Waals surface area contributed by atoms with Crippen LogP contribution < -0.4 is 5.32 Å². The Morgan fingerprint density at radius 3 is 2.86 bits per heavy atom. The van der Waals surface area contributed by atoms with E-state index < -0.39 is 0 Å². The summed E-state index contributed by atoms with van der Waals surface area (Å²) in [6.07, 6.45) is 2.98. The van der Waals surface area contributed by atoms with Crippen molar-refractivity contribution in [3.05, 3.63) is 28.0 Å². The summed E-state index contributed by atoms with van der Waals surface area (Å²) in [7, 11) is 1.71. The largest absolute Gasteiger partial charge is 0.365 e. The number of anilines is 1. The Balaban J connectivity index is 2.03. The van der Waals surface area contributed by atoms with Crippen LogP contribution in [0.4, 0.5) is 11.5 Å². The summed E-state index contributed by atoms with van der Waals surface area (Å²) in [5.74, 6) is 1.25. The third-order valence-electron chi connectivity index (χ3n) is 3.13. The number of aromatic amines is 1. The van der Waals surface area contributed by atoms with Crippen molar-refractivity contribution in [2.24, 2.45) is 7.05 Å². The highest BCUT2D eigenvalue weighted by molar-refractivity contribution is 5.60. The van der Waals surface area contributed by atoms with Gasteiger partial charge in [0.15, 0.2) is 0 Å². The molecule has 0 bridgehead atoms. The summed E-state index contributed by atoms with van der Waals surface area (Å²) < 4.78 is 1.53. The number of hydrogen-bond acceptors (Lipinski definition) is 6. The van der Waals surface area contributed by atoms with Gasteiger partial charge >= 0.3 is 5.69 Å². The van der Waals surface area contributed by atoms with E-state index in [1.165, 1.54) is 11.0 Å². The van der Waals surface area contributed by atoms with Crippen LogP contribution in [0, 0.1) is 10.1 Å². The summed E-state index contributed by atoms with van der Waals surface area (Å²) in [5, 5.41) is 25.2. The van der Waals surface area contributed by atoms with Crippen molar-refractivity contribution in [2.75, 3.05) is 11.9 Å². The van der Waals surface area contributed by atoms with E-state index in [0.29, 0.717) is 18.1 Å². The standard InChI is InChI=1S/C12H19N7O2/c1-8(2)10-11(19(20)21)12(18(3)17-10)13-6-4-5-9-14-7-15-16-9/h7-8,13H,4-6H2,1-3H3,(H,14,15,16). The minimum Gasteiger partial charge on any atom is -0.365 e. The molecule has 0 spiro atoms. The zero-order chi connectivity index (χ0) is 15.4. The fourth-order valence-electron chi connectivity index (χ4n) is 2.11. The average molecular weight is 293 g/mol.